The van der Waals surface area contributed by atoms with Crippen LogP contribution in [-0.4, -0.2) is 42.5 Å². The molecule has 0 heterocycles. The Kier molecular flexibility index (Phi) is 10.4. The van der Waals surface area contributed by atoms with Crippen LogP contribution in [0.4, 0.5) is 5.69 Å². The quantitative estimate of drug-likeness (QED) is 0.290. The summed E-state index contributed by atoms with van der Waals surface area (Å²) in [5, 5.41) is 6.08. The first-order chi connectivity index (χ1) is 19.4. The van der Waals surface area contributed by atoms with Gasteiger partial charge in [0, 0.05) is 16.8 Å². The fourth-order valence-corrected chi connectivity index (χ4v) is 6.34. The molecular weight excluding hydrogens is 647 g/mol. The molecule has 228 valence electrons. The third-order valence-electron chi connectivity index (χ3n) is 8.11. The highest BCUT2D eigenvalue weighted by Gasteiger charge is 2.59. The fourth-order valence-electron chi connectivity index (χ4n) is 5.25. The van der Waals surface area contributed by atoms with Gasteiger partial charge in [-0.05, 0) is 91.7 Å². The number of hydrogen-bond donors (Lipinski definition) is 2. The molecule has 11 heteroatoms. The van der Waals surface area contributed by atoms with Gasteiger partial charge in [-0.25, -0.2) is 4.79 Å². The van der Waals surface area contributed by atoms with Crippen LogP contribution >= 0.6 is 39.1 Å². The molecule has 2 aromatic carbocycles. The molecule has 1 aliphatic rings. The highest BCUT2D eigenvalue weighted by Crippen LogP contribution is 2.57. The van der Waals surface area contributed by atoms with Gasteiger partial charge in [0.15, 0.2) is 0 Å². The number of benzene rings is 2. The third kappa shape index (κ3) is 7.29. The van der Waals surface area contributed by atoms with E-state index in [0.29, 0.717) is 28.6 Å². The molecule has 0 aliphatic heterocycles. The summed E-state index contributed by atoms with van der Waals surface area (Å²) < 4.78 is 11.2. The summed E-state index contributed by atoms with van der Waals surface area (Å²) in [5.41, 5.74) is -0.928. The van der Waals surface area contributed by atoms with Crippen molar-refractivity contribution in [2.75, 3.05) is 12.4 Å². The number of esters is 2. The van der Waals surface area contributed by atoms with E-state index in [4.69, 9.17) is 32.7 Å². The number of rotatable bonds is 8. The Morgan fingerprint density at radius 2 is 1.69 bits per heavy atom. The average molecular weight is 684 g/mol. The number of methoxy groups -OCH3 is 1. The molecule has 3 atom stereocenters. The van der Waals surface area contributed by atoms with Gasteiger partial charge in [-0.2, -0.15) is 0 Å². The summed E-state index contributed by atoms with van der Waals surface area (Å²) in [5.74, 6) is -2.27. The molecule has 8 nitrogen and oxygen atoms in total. The number of anilines is 1. The van der Waals surface area contributed by atoms with Crippen molar-refractivity contribution < 1.29 is 28.7 Å². The molecule has 42 heavy (non-hydrogen) atoms. The zero-order chi connectivity index (χ0) is 31.6. The van der Waals surface area contributed by atoms with Crippen LogP contribution in [0.2, 0.25) is 10.0 Å². The van der Waals surface area contributed by atoms with Crippen molar-refractivity contribution in [2.24, 2.45) is 16.7 Å². The van der Waals surface area contributed by atoms with E-state index in [1.807, 2.05) is 41.5 Å². The molecule has 0 bridgehead atoms. The Balaban J connectivity index is 1.75. The van der Waals surface area contributed by atoms with Gasteiger partial charge in [-0.1, -0.05) is 49.2 Å². The van der Waals surface area contributed by atoms with Gasteiger partial charge in [0.25, 0.3) is 5.91 Å². The lowest BCUT2D eigenvalue weighted by atomic mass is 9.65. The number of halogens is 3. The van der Waals surface area contributed by atoms with Crippen LogP contribution in [0.15, 0.2) is 40.9 Å². The smallest absolute Gasteiger partial charge is 0.328 e. The lowest BCUT2D eigenvalue weighted by Crippen LogP contribution is -2.51. The summed E-state index contributed by atoms with van der Waals surface area (Å²) in [6, 6.07) is 8.97. The average Bonchev–Trinajstić information content (AvgIpc) is 3.13. The molecule has 1 fully saturated rings. The van der Waals surface area contributed by atoms with E-state index in [0.717, 1.165) is 0 Å². The van der Waals surface area contributed by atoms with Crippen molar-refractivity contribution in [3.05, 3.63) is 62.0 Å². The van der Waals surface area contributed by atoms with E-state index in [-0.39, 0.29) is 33.9 Å². The zero-order valence-electron chi connectivity index (χ0n) is 24.8. The summed E-state index contributed by atoms with van der Waals surface area (Å²) >= 11 is 15.8. The first-order valence-electron chi connectivity index (χ1n) is 13.6. The van der Waals surface area contributed by atoms with E-state index in [9.17, 15) is 19.2 Å². The molecule has 2 amide bonds. The SMILES string of the molecule is COC(=O)[C@H](Cc1ccc(NC(=O)c2c(Cl)cccc2Cl)c(Br)c1)NC(=O)C1CCC(C)(C(=O)OC(C)(C)C)C1(C)C. The predicted molar refractivity (Wildman–Crippen MR) is 167 cm³/mol. The Labute approximate surface area is 265 Å². The second-order valence-electron chi connectivity index (χ2n) is 12.3. The highest BCUT2D eigenvalue weighted by molar-refractivity contribution is 9.10. The van der Waals surface area contributed by atoms with Crippen LogP contribution in [0.1, 0.15) is 70.3 Å². The van der Waals surface area contributed by atoms with Crippen molar-refractivity contribution >= 4 is 68.6 Å². The van der Waals surface area contributed by atoms with Gasteiger partial charge >= 0.3 is 11.9 Å². The van der Waals surface area contributed by atoms with Crippen LogP contribution in [0.5, 0.6) is 0 Å². The van der Waals surface area contributed by atoms with Crippen LogP contribution < -0.4 is 10.6 Å². The fraction of sp³-hybridized carbons (Fsp3) is 0.484. The van der Waals surface area contributed by atoms with E-state index in [1.54, 1.807) is 36.4 Å². The number of hydrogen-bond acceptors (Lipinski definition) is 6. The maximum Gasteiger partial charge on any atom is 0.328 e. The lowest BCUT2D eigenvalue weighted by Gasteiger charge is -2.40. The van der Waals surface area contributed by atoms with Crippen LogP contribution in [-0.2, 0) is 30.3 Å². The summed E-state index contributed by atoms with van der Waals surface area (Å²) in [7, 11) is 1.26. The minimum absolute atomic E-state index is 0.137. The Bertz CT molecular complexity index is 1370. The number of amides is 2. The van der Waals surface area contributed by atoms with Crippen molar-refractivity contribution in [3.63, 3.8) is 0 Å². The number of carbonyl (C=O) groups is 4. The van der Waals surface area contributed by atoms with E-state index >= 15 is 0 Å². The second kappa shape index (κ2) is 12.9. The maximum absolute atomic E-state index is 13.6. The summed E-state index contributed by atoms with van der Waals surface area (Å²) in [6.45, 7) is 11.1. The largest absolute Gasteiger partial charge is 0.467 e. The van der Waals surface area contributed by atoms with Gasteiger partial charge in [0.2, 0.25) is 5.91 Å². The number of ether oxygens (including phenoxy) is 2. The van der Waals surface area contributed by atoms with Crippen molar-refractivity contribution in [3.8, 4) is 0 Å². The Morgan fingerprint density at radius 1 is 1.07 bits per heavy atom. The van der Waals surface area contributed by atoms with Crippen molar-refractivity contribution in [2.45, 2.75) is 72.4 Å². The predicted octanol–water partition coefficient (Wildman–Crippen LogP) is 6.99. The van der Waals surface area contributed by atoms with Crippen molar-refractivity contribution in [1.29, 1.82) is 0 Å². The van der Waals surface area contributed by atoms with Gasteiger partial charge in [-0.3, -0.25) is 14.4 Å². The summed E-state index contributed by atoms with van der Waals surface area (Å²) in [4.78, 5) is 52.3. The standard InChI is InChI=1S/C31H37BrCl2N2O6/c1-29(2,3)42-28(40)31(6)14-13-18(30(31,4)5)25(37)36-23(27(39)41-7)16-17-11-12-22(19(32)15-17)35-26(38)24-20(33)9-8-10-21(24)34/h8-12,15,18,23H,13-14,16H2,1-7H3,(H,35,38)(H,36,37)/t18?,23-,31?/m0/s1. The van der Waals surface area contributed by atoms with Gasteiger partial charge < -0.3 is 20.1 Å². The monoisotopic (exact) mass is 682 g/mol. The number of carbonyl (C=O) groups excluding carboxylic acids is 4. The Hall–Kier alpha value is -2.62. The first-order valence-corrected chi connectivity index (χ1v) is 15.1. The molecule has 1 saturated carbocycles. The van der Waals surface area contributed by atoms with Crippen LogP contribution in [0, 0.1) is 16.7 Å². The second-order valence-corrected chi connectivity index (χ2v) is 14.0. The molecule has 3 rings (SSSR count). The van der Waals surface area contributed by atoms with Gasteiger partial charge in [0.1, 0.15) is 11.6 Å². The van der Waals surface area contributed by atoms with Gasteiger partial charge in [-0.15, -0.1) is 0 Å². The highest BCUT2D eigenvalue weighted by atomic mass is 79.9. The first kappa shape index (κ1) is 33.9. The molecule has 0 radical (unpaired) electrons. The molecular formula is C31H37BrCl2N2O6. The molecule has 2 aromatic rings. The maximum atomic E-state index is 13.6. The molecule has 2 N–H and O–H groups in total. The molecule has 1 aliphatic carbocycles. The molecule has 0 aromatic heterocycles. The van der Waals surface area contributed by atoms with E-state index < -0.39 is 40.3 Å². The van der Waals surface area contributed by atoms with E-state index in [1.165, 1.54) is 7.11 Å². The Morgan fingerprint density at radius 3 is 2.24 bits per heavy atom. The lowest BCUT2D eigenvalue weighted by molar-refractivity contribution is -0.173. The number of nitrogens with one attached hydrogen (secondary N) is 2. The van der Waals surface area contributed by atoms with E-state index in [2.05, 4.69) is 26.6 Å². The molecule has 2 unspecified atom stereocenters. The third-order valence-corrected chi connectivity index (χ3v) is 9.39. The normalized spacial score (nSPS) is 20.4. The minimum Gasteiger partial charge on any atom is -0.467 e. The van der Waals surface area contributed by atoms with Crippen LogP contribution in [0.3, 0.4) is 0 Å². The van der Waals surface area contributed by atoms with Gasteiger partial charge in [0.05, 0.1) is 33.8 Å². The topological polar surface area (TPSA) is 111 Å². The summed E-state index contributed by atoms with van der Waals surface area (Å²) in [6.07, 6.45) is 1.09. The van der Waals surface area contributed by atoms with Crippen LogP contribution in [0.25, 0.3) is 0 Å². The minimum atomic E-state index is -0.971. The van der Waals surface area contributed by atoms with Crippen molar-refractivity contribution in [1.82, 2.24) is 5.32 Å². The zero-order valence-corrected chi connectivity index (χ0v) is 27.9. The molecule has 0 spiro atoms. The molecule has 0 saturated heterocycles.